The number of carbonyl (C=O) groups excluding carboxylic acids is 4. The number of imide groups is 2. The molecular weight excluding hydrogens is 688 g/mol. The summed E-state index contributed by atoms with van der Waals surface area (Å²) < 4.78 is -0.0484. The van der Waals surface area contributed by atoms with Crippen molar-refractivity contribution in [3.05, 3.63) is 22.9 Å². The molecule has 0 bridgehead atoms. The Morgan fingerprint density at radius 2 is 1.48 bits per heavy atom. The Morgan fingerprint density at radius 3 is 2.09 bits per heavy atom. The summed E-state index contributed by atoms with van der Waals surface area (Å²) in [5, 5.41) is 3.97. The predicted octanol–water partition coefficient (Wildman–Crippen LogP) is -0.541. The molecule has 3 heterocycles. The van der Waals surface area contributed by atoms with Gasteiger partial charge in [-0.05, 0) is 0 Å². The van der Waals surface area contributed by atoms with Gasteiger partial charge in [0.25, 0.3) is 22.0 Å². The molecule has 3 aliphatic heterocycles. The minimum absolute atomic E-state index is 0.0484. The van der Waals surface area contributed by atoms with Gasteiger partial charge in [0.05, 0.1) is 0 Å². The molecule has 0 spiro atoms. The van der Waals surface area contributed by atoms with Crippen molar-refractivity contribution in [2.45, 2.75) is 0 Å². The molecule has 3 aliphatic rings. The molecule has 9 nitrogen and oxygen atoms in total. The zero-order valence-corrected chi connectivity index (χ0v) is 24.7. The second kappa shape index (κ2) is 13.4. The van der Waals surface area contributed by atoms with Crippen molar-refractivity contribution in [3.8, 4) is 0 Å². The van der Waals surface area contributed by atoms with E-state index in [1.807, 2.05) is 0 Å². The quantitative estimate of drug-likeness (QED) is 0.0956. The molecule has 0 aromatic rings. The van der Waals surface area contributed by atoms with Gasteiger partial charge in [-0.25, -0.2) is 0 Å². The Kier molecular flexibility index (Phi) is 11.2. The highest BCUT2D eigenvalue weighted by Crippen LogP contribution is 2.29. The van der Waals surface area contributed by atoms with Crippen LogP contribution in [0.15, 0.2) is 22.9 Å². The van der Waals surface area contributed by atoms with Gasteiger partial charge in [0.15, 0.2) is 0 Å². The lowest BCUT2D eigenvalue weighted by atomic mass is 9.94. The van der Waals surface area contributed by atoms with E-state index < -0.39 is 0 Å². The van der Waals surface area contributed by atoms with Crippen LogP contribution in [0.2, 0.25) is 0 Å². The second-order valence-corrected chi connectivity index (χ2v) is 14.7. The van der Waals surface area contributed by atoms with Gasteiger partial charge in [-0.3, -0.25) is 38.8 Å². The zero-order valence-electron chi connectivity index (χ0n) is 18.3. The Morgan fingerprint density at radius 1 is 0.909 bits per heavy atom. The van der Waals surface area contributed by atoms with Gasteiger partial charge in [0, 0.05) is 88.4 Å². The van der Waals surface area contributed by atoms with E-state index in [4.69, 9.17) is 0 Å². The van der Waals surface area contributed by atoms with E-state index in [0.29, 0.717) is 45.4 Å². The van der Waals surface area contributed by atoms with E-state index in [-0.39, 0.29) is 27.9 Å². The van der Waals surface area contributed by atoms with Crippen LogP contribution in [0, 0.1) is 0 Å². The molecule has 178 valence electrons. The van der Waals surface area contributed by atoms with E-state index in [0.717, 1.165) is 44.1 Å². The maximum absolute atomic E-state index is 12.4. The third-order valence-corrected chi connectivity index (χ3v) is 8.87. The van der Waals surface area contributed by atoms with Gasteiger partial charge >= 0.3 is 0 Å². The smallest absolute Gasteiger partial charge is 0.278 e. The normalized spacial score (nSPS) is 20.5. The van der Waals surface area contributed by atoms with Crippen LogP contribution in [0.25, 0.3) is 0 Å². The molecule has 4 amide bonds. The van der Waals surface area contributed by atoms with E-state index in [9.17, 15) is 19.2 Å². The molecule has 0 radical (unpaired) electrons. The molecule has 0 aromatic carbocycles. The number of nitrogens with zero attached hydrogens (tertiary/aromatic N) is 4. The number of halogens is 2. The van der Waals surface area contributed by atoms with E-state index in [2.05, 4.69) is 69.0 Å². The molecular formula is C18H27B2I2N5O4P2. The molecule has 33 heavy (non-hydrogen) atoms. The third kappa shape index (κ3) is 7.54. The van der Waals surface area contributed by atoms with Crippen LogP contribution >= 0.6 is 62.3 Å². The molecule has 0 aromatic heterocycles. The number of hydrogen-bond donors (Lipinski definition) is 1. The fourth-order valence-corrected chi connectivity index (χ4v) is 6.46. The van der Waals surface area contributed by atoms with Crippen molar-refractivity contribution in [2.24, 2.45) is 0 Å². The predicted molar refractivity (Wildman–Crippen MR) is 154 cm³/mol. The summed E-state index contributed by atoms with van der Waals surface area (Å²) >= 11 is 4.34. The molecule has 15 heteroatoms. The maximum atomic E-state index is 12.4. The number of hydrogen-bond acceptors (Lipinski definition) is 7. The molecule has 1 saturated heterocycles. The topological polar surface area (TPSA) is 93.3 Å². The summed E-state index contributed by atoms with van der Waals surface area (Å²) in [6.45, 7) is 7.47. The van der Waals surface area contributed by atoms with Crippen LogP contribution in [0.4, 0.5) is 0 Å². The average molecular weight is 715 g/mol. The molecule has 2 unspecified atom stereocenters. The van der Waals surface area contributed by atoms with Crippen molar-refractivity contribution < 1.29 is 19.2 Å². The lowest BCUT2D eigenvalue weighted by Gasteiger charge is -2.35. The van der Waals surface area contributed by atoms with Crippen LogP contribution in [0.5, 0.6) is 0 Å². The summed E-state index contributed by atoms with van der Waals surface area (Å²) in [4.78, 5) is 56.8. The van der Waals surface area contributed by atoms with Crippen LogP contribution in [0.1, 0.15) is 0 Å². The number of piperazine rings is 1. The number of carbonyl (C=O) groups is 4. The molecule has 1 N–H and O–H groups in total. The Hall–Kier alpha value is 0.0899. The van der Waals surface area contributed by atoms with Crippen LogP contribution in [-0.2, 0) is 19.2 Å². The lowest BCUT2D eigenvalue weighted by Crippen LogP contribution is -2.50. The average Bonchev–Trinajstić information content (AvgIpc) is 3.22. The number of nitrogens with one attached hydrogen (secondary N) is 1. The van der Waals surface area contributed by atoms with Crippen LogP contribution in [0.3, 0.4) is 0 Å². The highest BCUT2D eigenvalue weighted by Gasteiger charge is 2.34. The van der Waals surface area contributed by atoms with Crippen LogP contribution < -0.4 is 5.32 Å². The molecule has 3 rings (SSSR count). The van der Waals surface area contributed by atoms with Crippen molar-refractivity contribution in [2.75, 3.05) is 65.4 Å². The zero-order chi connectivity index (χ0) is 24.0. The van der Waals surface area contributed by atoms with Gasteiger partial charge in [-0.2, -0.15) is 9.12 Å². The monoisotopic (exact) mass is 715 g/mol. The first-order valence-corrected chi connectivity index (χ1v) is 15.5. The molecule has 0 saturated carbocycles. The van der Waals surface area contributed by atoms with Crippen molar-refractivity contribution in [1.29, 1.82) is 0 Å². The first-order chi connectivity index (χ1) is 15.8. The Bertz CT molecular complexity index is 856. The number of rotatable bonds is 12. The summed E-state index contributed by atoms with van der Waals surface area (Å²) in [7, 11) is 2.94. The summed E-state index contributed by atoms with van der Waals surface area (Å²) in [6.07, 6.45) is 2.93. The third-order valence-electron chi connectivity index (χ3n) is 5.82. The van der Waals surface area contributed by atoms with Crippen LogP contribution in [-0.4, -0.2) is 118 Å². The highest BCUT2D eigenvalue weighted by atomic mass is 127. The Labute approximate surface area is 226 Å². The first kappa shape index (κ1) is 27.7. The fourth-order valence-electron chi connectivity index (χ4n) is 3.89. The lowest BCUT2D eigenvalue weighted by molar-refractivity contribution is -0.138. The van der Waals surface area contributed by atoms with Gasteiger partial charge in [0.2, 0.25) is 10.8 Å². The SMILES string of the molecule is O=C1C=C(PBI)C(=O)N1CCNCCN1CCN(CCN2C(=O)C=C(B(P)I)C2=O)CC1. The maximum Gasteiger partial charge on any atom is 0.278 e. The minimum atomic E-state index is -0.210. The molecule has 1 fully saturated rings. The van der Waals surface area contributed by atoms with Gasteiger partial charge in [-0.1, -0.05) is 0 Å². The van der Waals surface area contributed by atoms with E-state index in [1.165, 1.54) is 22.0 Å². The van der Waals surface area contributed by atoms with Crippen molar-refractivity contribution in [1.82, 2.24) is 24.9 Å². The summed E-state index contributed by atoms with van der Waals surface area (Å²) in [5.41, 5.74) is 0.555. The van der Waals surface area contributed by atoms with Gasteiger partial charge in [-0.15, -0.1) is 53.2 Å². The highest BCUT2D eigenvalue weighted by molar-refractivity contribution is 14.1. The standard InChI is InChI=1S/C18H27B2I2N5O4P2/c21-19-33-14-12-16(29)26(18(14)31)4-2-23-1-3-24-5-7-25(8-6-24)9-10-27-15(28)11-13(17(27)30)20(22)32/h11-12,19,23,33H,1-10,32H2. The minimum Gasteiger partial charge on any atom is -0.314 e. The molecule has 2 atom stereocenters. The largest absolute Gasteiger partial charge is 0.314 e. The second-order valence-electron chi connectivity index (χ2n) is 7.89. The molecule has 0 aliphatic carbocycles. The number of amides is 4. The Balaban J connectivity index is 1.27. The van der Waals surface area contributed by atoms with Gasteiger partial charge < -0.3 is 5.32 Å². The van der Waals surface area contributed by atoms with Crippen molar-refractivity contribution >= 4 is 95.1 Å². The van der Waals surface area contributed by atoms with E-state index >= 15 is 0 Å². The fraction of sp³-hybridized carbons (Fsp3) is 0.556. The van der Waals surface area contributed by atoms with E-state index in [1.54, 1.807) is 0 Å². The summed E-state index contributed by atoms with van der Waals surface area (Å²) in [6, 6.07) is 0. The van der Waals surface area contributed by atoms with Crippen molar-refractivity contribution in [3.63, 3.8) is 0 Å². The summed E-state index contributed by atoms with van der Waals surface area (Å²) in [5.74, 6) is -0.718. The first-order valence-electron chi connectivity index (χ1n) is 10.8. The van der Waals surface area contributed by atoms with Gasteiger partial charge in [0.1, 0.15) is 0 Å².